The van der Waals surface area contributed by atoms with Gasteiger partial charge in [0.25, 0.3) is 0 Å². The minimum atomic E-state index is 0.530. The summed E-state index contributed by atoms with van der Waals surface area (Å²) >= 11 is 1.51. The minimum Gasteiger partial charge on any atom is -0.456 e. The zero-order valence-corrected chi connectivity index (χ0v) is 33.0. The molecule has 10 aromatic carbocycles. The Hall–Kier alpha value is -7.60. The first-order valence-electron chi connectivity index (χ1n) is 20.1. The van der Waals surface area contributed by atoms with Crippen LogP contribution < -0.4 is 4.90 Å². The first-order valence-corrected chi connectivity index (χ1v) is 20.9. The Morgan fingerprint density at radius 3 is 1.88 bits per heavy atom. The van der Waals surface area contributed by atoms with Crippen molar-refractivity contribution in [1.29, 1.82) is 5.41 Å². The van der Waals surface area contributed by atoms with Crippen molar-refractivity contribution in [3.63, 3.8) is 0 Å². The second-order valence-electron chi connectivity index (χ2n) is 15.2. The molecule has 1 N–H and O–H groups in total. The van der Waals surface area contributed by atoms with E-state index >= 15 is 0 Å². The van der Waals surface area contributed by atoms with Crippen LogP contribution in [0.5, 0.6) is 0 Å². The molecule has 0 aliphatic rings. The third-order valence-electron chi connectivity index (χ3n) is 11.8. The summed E-state index contributed by atoms with van der Waals surface area (Å²) in [7, 11) is 0. The molecule has 0 amide bonds. The molecular weight excluding hydrogens is 753 g/mol. The summed E-state index contributed by atoms with van der Waals surface area (Å²) in [5.74, 6) is 0. The molecule has 5 heteroatoms. The molecule has 4 nitrogen and oxygen atoms in total. The lowest BCUT2D eigenvalue weighted by Crippen LogP contribution is -2.10. The fourth-order valence-corrected chi connectivity index (χ4v) is 9.90. The number of hydrogen-bond acceptors (Lipinski definition) is 5. The Kier molecular flexibility index (Phi) is 7.90. The van der Waals surface area contributed by atoms with Crippen LogP contribution in [-0.2, 0) is 0 Å². The second kappa shape index (κ2) is 13.8. The Bertz CT molecular complexity index is 3680. The summed E-state index contributed by atoms with van der Waals surface area (Å²) in [6, 6.07) is 70.3. The summed E-state index contributed by atoms with van der Waals surface area (Å²) < 4.78 is 12.7. The standard InChI is InChI=1S/C55H34N2O2S/c56-55(36-11-2-1-3-12-36)60-53-20-10-13-35-23-21-34-22-24-37(31-46(34)54(35)53)40-28-29-48(42-15-5-4-14-41(40)42)57(38-26-30-51-47(32-38)44-17-7-9-19-50(44)58-51)39-25-27-45-43-16-6-8-18-49(43)59-52(45)33-39/h1-33,56H. The van der Waals surface area contributed by atoms with Crippen molar-refractivity contribution in [1.82, 2.24) is 0 Å². The molecule has 0 atom stereocenters. The highest BCUT2D eigenvalue weighted by molar-refractivity contribution is 8.14. The lowest BCUT2D eigenvalue weighted by atomic mass is 9.93. The van der Waals surface area contributed by atoms with Gasteiger partial charge in [0.1, 0.15) is 22.3 Å². The molecule has 2 aromatic heterocycles. The molecule has 0 bridgehead atoms. The maximum atomic E-state index is 8.98. The SMILES string of the molecule is N=C(Sc1cccc2ccc3ccc(-c4ccc(N(c5ccc6c(c5)oc5ccccc56)c5ccc6oc7ccccc7c6c5)c5ccccc45)cc3c12)c1ccccc1. The van der Waals surface area contributed by atoms with Gasteiger partial charge in [0, 0.05) is 60.2 Å². The van der Waals surface area contributed by atoms with Crippen molar-refractivity contribution in [2.75, 3.05) is 4.90 Å². The second-order valence-corrected chi connectivity index (χ2v) is 16.3. The predicted octanol–water partition coefficient (Wildman–Crippen LogP) is 16.2. The number of anilines is 3. The largest absolute Gasteiger partial charge is 0.456 e. The molecule has 0 fully saturated rings. The van der Waals surface area contributed by atoms with Crippen molar-refractivity contribution in [2.45, 2.75) is 4.90 Å². The van der Waals surface area contributed by atoms with E-state index < -0.39 is 0 Å². The number of nitrogens with one attached hydrogen (secondary N) is 1. The van der Waals surface area contributed by atoms with Gasteiger partial charge in [-0.15, -0.1) is 0 Å². The van der Waals surface area contributed by atoms with Crippen molar-refractivity contribution in [3.05, 3.63) is 206 Å². The molecule has 0 radical (unpaired) electrons. The number of para-hydroxylation sites is 2. The minimum absolute atomic E-state index is 0.530. The van der Waals surface area contributed by atoms with E-state index in [4.69, 9.17) is 14.2 Å². The first kappa shape index (κ1) is 34.4. The molecular formula is C55H34N2O2S. The van der Waals surface area contributed by atoms with Gasteiger partial charge < -0.3 is 13.7 Å². The van der Waals surface area contributed by atoms with Crippen molar-refractivity contribution < 1.29 is 8.83 Å². The van der Waals surface area contributed by atoms with Crippen LogP contribution in [0.2, 0.25) is 0 Å². The monoisotopic (exact) mass is 786 g/mol. The summed E-state index contributed by atoms with van der Waals surface area (Å²) in [4.78, 5) is 3.42. The number of fused-ring (bicyclic) bond motifs is 10. The van der Waals surface area contributed by atoms with Gasteiger partial charge in [-0.05, 0) is 93.3 Å². The molecule has 0 aliphatic carbocycles. The maximum Gasteiger partial charge on any atom is 0.137 e. The molecule has 282 valence electrons. The van der Waals surface area contributed by atoms with Crippen LogP contribution >= 0.6 is 11.8 Å². The van der Waals surface area contributed by atoms with E-state index in [0.29, 0.717) is 5.04 Å². The zero-order chi connectivity index (χ0) is 39.7. The van der Waals surface area contributed by atoms with E-state index in [1.807, 2.05) is 54.6 Å². The first-order chi connectivity index (χ1) is 29.6. The zero-order valence-electron chi connectivity index (χ0n) is 32.2. The van der Waals surface area contributed by atoms with Gasteiger partial charge >= 0.3 is 0 Å². The molecule has 12 aromatic rings. The van der Waals surface area contributed by atoms with Crippen molar-refractivity contribution in [2.24, 2.45) is 0 Å². The Labute approximate surface area is 349 Å². The van der Waals surface area contributed by atoms with Crippen LogP contribution in [0.4, 0.5) is 17.1 Å². The predicted molar refractivity (Wildman–Crippen MR) is 253 cm³/mol. The van der Waals surface area contributed by atoms with Crippen molar-refractivity contribution in [3.8, 4) is 11.1 Å². The molecule has 60 heavy (non-hydrogen) atoms. The fourth-order valence-electron chi connectivity index (χ4n) is 8.95. The van der Waals surface area contributed by atoms with Crippen LogP contribution in [0, 0.1) is 5.41 Å². The van der Waals surface area contributed by atoms with Crippen LogP contribution in [0.25, 0.3) is 87.3 Å². The van der Waals surface area contributed by atoms with E-state index in [9.17, 15) is 0 Å². The lowest BCUT2D eigenvalue weighted by molar-refractivity contribution is 0.668. The van der Waals surface area contributed by atoms with Gasteiger partial charge in [0.05, 0.1) is 10.7 Å². The summed E-state index contributed by atoms with van der Waals surface area (Å²) in [5.41, 5.74) is 9.72. The van der Waals surface area contributed by atoms with Gasteiger partial charge in [0.2, 0.25) is 0 Å². The van der Waals surface area contributed by atoms with Crippen LogP contribution in [-0.4, -0.2) is 5.04 Å². The molecule has 0 spiro atoms. The number of benzene rings is 10. The van der Waals surface area contributed by atoms with E-state index in [1.165, 1.54) is 22.5 Å². The third kappa shape index (κ3) is 5.58. The molecule has 0 aliphatic heterocycles. The Balaban J connectivity index is 1.04. The highest BCUT2D eigenvalue weighted by Crippen LogP contribution is 2.46. The highest BCUT2D eigenvalue weighted by Gasteiger charge is 2.21. The van der Waals surface area contributed by atoms with E-state index in [1.54, 1.807) is 0 Å². The molecule has 0 unspecified atom stereocenters. The summed E-state index contributed by atoms with van der Waals surface area (Å²) in [6.45, 7) is 0. The molecule has 0 saturated carbocycles. The van der Waals surface area contributed by atoms with Crippen LogP contribution in [0.15, 0.2) is 214 Å². The number of thioether (sulfide) groups is 1. The van der Waals surface area contributed by atoms with Gasteiger partial charge in [-0.3, -0.25) is 5.41 Å². The van der Waals surface area contributed by atoms with E-state index in [0.717, 1.165) is 104 Å². The summed E-state index contributed by atoms with van der Waals surface area (Å²) in [6.07, 6.45) is 0. The smallest absolute Gasteiger partial charge is 0.137 e. The number of nitrogens with zero attached hydrogens (tertiary/aromatic N) is 1. The van der Waals surface area contributed by atoms with Crippen LogP contribution in [0.1, 0.15) is 5.56 Å². The normalized spacial score (nSPS) is 11.8. The van der Waals surface area contributed by atoms with Gasteiger partial charge in [-0.1, -0.05) is 145 Å². The fraction of sp³-hybridized carbons (Fsp3) is 0. The molecule has 0 saturated heterocycles. The Morgan fingerprint density at radius 1 is 0.417 bits per heavy atom. The lowest BCUT2D eigenvalue weighted by Gasteiger charge is -2.27. The van der Waals surface area contributed by atoms with E-state index in [2.05, 4.69) is 150 Å². The number of furan rings is 2. The van der Waals surface area contributed by atoms with Crippen molar-refractivity contribution >= 4 is 110 Å². The topological polar surface area (TPSA) is 53.4 Å². The molecule has 12 rings (SSSR count). The maximum absolute atomic E-state index is 8.98. The average Bonchev–Trinajstić information content (AvgIpc) is 3.87. The van der Waals surface area contributed by atoms with Crippen LogP contribution in [0.3, 0.4) is 0 Å². The Morgan fingerprint density at radius 2 is 1.05 bits per heavy atom. The number of hydrogen-bond donors (Lipinski definition) is 1. The number of rotatable bonds is 6. The third-order valence-corrected chi connectivity index (χ3v) is 12.8. The quantitative estimate of drug-likeness (QED) is 0.0789. The highest BCUT2D eigenvalue weighted by atomic mass is 32.2. The molecule has 2 heterocycles. The van der Waals surface area contributed by atoms with Gasteiger partial charge in [0.15, 0.2) is 0 Å². The van der Waals surface area contributed by atoms with E-state index in [-0.39, 0.29) is 0 Å². The van der Waals surface area contributed by atoms with Gasteiger partial charge in [-0.2, -0.15) is 0 Å². The van der Waals surface area contributed by atoms with Gasteiger partial charge in [-0.25, -0.2) is 0 Å². The summed E-state index contributed by atoms with van der Waals surface area (Å²) in [5, 5.41) is 20.8. The average molecular weight is 787 g/mol.